The van der Waals surface area contributed by atoms with Gasteiger partial charge in [-0.25, -0.2) is 13.2 Å². The van der Waals surface area contributed by atoms with E-state index in [2.05, 4.69) is 9.46 Å². The quantitative estimate of drug-likeness (QED) is 0.255. The highest BCUT2D eigenvalue weighted by Crippen LogP contribution is 2.33. The topological polar surface area (TPSA) is 106 Å². The van der Waals surface area contributed by atoms with E-state index in [4.69, 9.17) is 10.1 Å². The van der Waals surface area contributed by atoms with Gasteiger partial charge in [0.15, 0.2) is 0 Å². The van der Waals surface area contributed by atoms with Crippen molar-refractivity contribution in [1.82, 2.24) is 9.71 Å². The zero-order valence-corrected chi connectivity index (χ0v) is 21.8. The van der Waals surface area contributed by atoms with E-state index in [1.807, 2.05) is 38.1 Å². The van der Waals surface area contributed by atoms with E-state index in [9.17, 15) is 26.4 Å². The summed E-state index contributed by atoms with van der Waals surface area (Å²) in [6.45, 7) is 3.81. The molecule has 0 saturated heterocycles. The lowest BCUT2D eigenvalue weighted by Gasteiger charge is -2.23. The van der Waals surface area contributed by atoms with Gasteiger partial charge in [-0.2, -0.15) is 4.72 Å². The number of carbonyl (C=O) groups is 1. The molecule has 0 fully saturated rings. The van der Waals surface area contributed by atoms with E-state index in [1.165, 1.54) is 36.4 Å². The molecule has 204 valence electrons. The number of pyridine rings is 1. The van der Waals surface area contributed by atoms with Crippen LogP contribution in [0, 0.1) is 6.92 Å². The van der Waals surface area contributed by atoms with Crippen molar-refractivity contribution >= 4 is 26.8 Å². The first kappa shape index (κ1) is 28.1. The van der Waals surface area contributed by atoms with Crippen molar-refractivity contribution in [3.05, 3.63) is 101 Å². The molecule has 1 heterocycles. The number of nitrogens with zero attached hydrogens (tertiary/aromatic N) is 1. The molecule has 0 spiro atoms. The molecule has 2 N–H and O–H groups in total. The zero-order chi connectivity index (χ0) is 28.4. The van der Waals surface area contributed by atoms with Crippen molar-refractivity contribution in [3.63, 3.8) is 0 Å². The summed E-state index contributed by atoms with van der Waals surface area (Å²) in [5.74, 6) is -1.66. The van der Waals surface area contributed by atoms with Crippen LogP contribution in [0.15, 0.2) is 77.7 Å². The zero-order valence-electron chi connectivity index (χ0n) is 21.0. The lowest BCUT2D eigenvalue weighted by Crippen LogP contribution is -2.31. The highest BCUT2D eigenvalue weighted by Gasteiger charge is 2.32. The summed E-state index contributed by atoms with van der Waals surface area (Å²) in [5, 5.41) is 11.0. The normalized spacial score (nSPS) is 12.8. The van der Waals surface area contributed by atoms with E-state index in [0.29, 0.717) is 23.2 Å². The number of aromatic nitrogens is 1. The minimum atomic E-state index is -4.88. The maximum absolute atomic E-state index is 13.5. The Morgan fingerprint density at radius 3 is 2.18 bits per heavy atom. The number of rotatable bonds is 9. The van der Waals surface area contributed by atoms with Crippen molar-refractivity contribution < 1.29 is 36.2 Å². The smallest absolute Gasteiger partial charge is 0.478 e. The number of aryl methyl sites for hydroxylation is 2. The summed E-state index contributed by atoms with van der Waals surface area (Å²) in [7, 11) is -4.23. The van der Waals surface area contributed by atoms with Gasteiger partial charge in [-0.15, -0.1) is 13.2 Å². The second-order valence-electron chi connectivity index (χ2n) is 8.86. The van der Waals surface area contributed by atoms with E-state index in [-0.39, 0.29) is 10.5 Å². The first-order valence-electron chi connectivity index (χ1n) is 12.0. The molecule has 39 heavy (non-hydrogen) atoms. The molecule has 0 amide bonds. The van der Waals surface area contributed by atoms with Crippen LogP contribution in [0.25, 0.3) is 10.8 Å². The van der Waals surface area contributed by atoms with Crippen molar-refractivity contribution in [2.75, 3.05) is 0 Å². The number of nitrogens with one attached hydrogen (secondary N) is 1. The summed E-state index contributed by atoms with van der Waals surface area (Å²) in [5.41, 5.74) is 2.12. The van der Waals surface area contributed by atoms with E-state index in [0.717, 1.165) is 35.0 Å². The molecule has 0 radical (unpaired) electrons. The van der Waals surface area contributed by atoms with Gasteiger partial charge in [0.05, 0.1) is 22.2 Å². The number of hydrogen-bond donors (Lipinski definition) is 2. The van der Waals surface area contributed by atoms with Gasteiger partial charge >= 0.3 is 12.3 Å². The maximum Gasteiger partial charge on any atom is 0.573 e. The lowest BCUT2D eigenvalue weighted by atomic mass is 9.95. The molecule has 0 bridgehead atoms. The highest BCUT2D eigenvalue weighted by atomic mass is 32.2. The molecule has 1 atom stereocenters. The first-order valence-corrected chi connectivity index (χ1v) is 13.5. The Hall–Kier alpha value is -3.96. The number of aromatic carboxylic acids is 1. The van der Waals surface area contributed by atoms with Crippen LogP contribution in [0.5, 0.6) is 5.75 Å². The number of alkyl halides is 3. The summed E-state index contributed by atoms with van der Waals surface area (Å²) in [6, 6.07) is 16.1. The molecule has 4 aromatic rings. The number of hydrogen-bond acceptors (Lipinski definition) is 5. The summed E-state index contributed by atoms with van der Waals surface area (Å²) in [4.78, 5) is 15.9. The predicted octanol–water partition coefficient (Wildman–Crippen LogP) is 6.16. The van der Waals surface area contributed by atoms with Crippen molar-refractivity contribution in [2.45, 2.75) is 44.0 Å². The van der Waals surface area contributed by atoms with Crippen LogP contribution in [0.2, 0.25) is 0 Å². The summed E-state index contributed by atoms with van der Waals surface area (Å²) < 4.78 is 71.6. The monoisotopic (exact) mass is 558 g/mol. The second-order valence-corrected chi connectivity index (χ2v) is 10.6. The van der Waals surface area contributed by atoms with Crippen LogP contribution in [0.3, 0.4) is 0 Å². The number of carboxylic acid groups (broad SMARTS) is 1. The van der Waals surface area contributed by atoms with Gasteiger partial charge in [0.25, 0.3) is 0 Å². The molecule has 0 aliphatic heterocycles. The SMILES string of the molecule is CCCc1nc(C(NS(=O)(=O)c2ccc(C(=O)O)cc2)c2ccc(OC(F)(F)F)cc2)c(C)c2ccccc12. The number of halogens is 3. The second kappa shape index (κ2) is 11.0. The lowest BCUT2D eigenvalue weighted by molar-refractivity contribution is -0.274. The van der Waals surface area contributed by atoms with Gasteiger partial charge in [-0.1, -0.05) is 49.7 Å². The van der Waals surface area contributed by atoms with Crippen LogP contribution in [0.4, 0.5) is 13.2 Å². The Labute approximate surface area is 223 Å². The summed E-state index contributed by atoms with van der Waals surface area (Å²) >= 11 is 0. The Bertz CT molecular complexity index is 1600. The number of ether oxygens (including phenoxy) is 1. The molecule has 1 unspecified atom stereocenters. The van der Waals surface area contributed by atoms with Crippen LogP contribution in [-0.2, 0) is 16.4 Å². The average Bonchev–Trinajstić information content (AvgIpc) is 2.89. The van der Waals surface area contributed by atoms with Crippen LogP contribution >= 0.6 is 0 Å². The molecule has 0 saturated carbocycles. The summed E-state index contributed by atoms with van der Waals surface area (Å²) in [6.07, 6.45) is -3.46. The van der Waals surface area contributed by atoms with Crippen LogP contribution in [0.1, 0.15) is 52.3 Å². The number of carboxylic acids is 1. The standard InChI is InChI=1S/C28H25F3N2O5S/c1-3-6-24-23-8-5-4-7-22(23)17(2)25(32-24)26(18-9-13-20(14-10-18)38-28(29,30)31)33-39(36,37)21-15-11-19(12-16-21)27(34)35/h4-5,7-16,26,33H,3,6H2,1-2H3,(H,34,35). The van der Waals surface area contributed by atoms with Crippen molar-refractivity contribution in [2.24, 2.45) is 0 Å². The molecule has 3 aromatic carbocycles. The van der Waals surface area contributed by atoms with Crippen molar-refractivity contribution in [1.29, 1.82) is 0 Å². The maximum atomic E-state index is 13.5. The Morgan fingerprint density at radius 2 is 1.62 bits per heavy atom. The van der Waals surface area contributed by atoms with E-state index < -0.39 is 34.1 Å². The van der Waals surface area contributed by atoms with Crippen LogP contribution < -0.4 is 9.46 Å². The fraction of sp³-hybridized carbons (Fsp3) is 0.214. The van der Waals surface area contributed by atoms with Gasteiger partial charge in [-0.3, -0.25) is 4.98 Å². The van der Waals surface area contributed by atoms with Gasteiger partial charge < -0.3 is 9.84 Å². The minimum absolute atomic E-state index is 0.0815. The van der Waals surface area contributed by atoms with Gasteiger partial charge in [-0.05, 0) is 66.3 Å². The molecule has 0 aliphatic rings. The third-order valence-electron chi connectivity index (χ3n) is 6.17. The Balaban J connectivity index is 1.85. The highest BCUT2D eigenvalue weighted by molar-refractivity contribution is 7.89. The Morgan fingerprint density at radius 1 is 1.00 bits per heavy atom. The largest absolute Gasteiger partial charge is 0.573 e. The third-order valence-corrected chi connectivity index (χ3v) is 7.61. The van der Waals surface area contributed by atoms with E-state index in [1.54, 1.807) is 0 Å². The third kappa shape index (κ3) is 6.37. The van der Waals surface area contributed by atoms with Crippen LogP contribution in [-0.4, -0.2) is 30.8 Å². The Kier molecular flexibility index (Phi) is 7.94. The molecule has 0 aliphatic carbocycles. The van der Waals surface area contributed by atoms with E-state index >= 15 is 0 Å². The molecular weight excluding hydrogens is 533 g/mol. The molecule has 1 aromatic heterocycles. The minimum Gasteiger partial charge on any atom is -0.478 e. The fourth-order valence-corrected chi connectivity index (χ4v) is 5.53. The molecular formula is C28H25F3N2O5S. The molecule has 7 nitrogen and oxygen atoms in total. The first-order chi connectivity index (χ1) is 18.4. The van der Waals surface area contributed by atoms with Gasteiger partial charge in [0, 0.05) is 11.1 Å². The van der Waals surface area contributed by atoms with Gasteiger partial charge in [0.2, 0.25) is 10.0 Å². The fourth-order valence-electron chi connectivity index (χ4n) is 4.34. The average molecular weight is 559 g/mol. The number of sulfonamides is 1. The van der Waals surface area contributed by atoms with Gasteiger partial charge in [0.1, 0.15) is 5.75 Å². The molecule has 4 rings (SSSR count). The number of fused-ring (bicyclic) bond motifs is 1. The number of benzene rings is 3. The van der Waals surface area contributed by atoms with Crippen molar-refractivity contribution in [3.8, 4) is 5.75 Å². The predicted molar refractivity (Wildman–Crippen MR) is 139 cm³/mol. The molecule has 11 heteroatoms.